The van der Waals surface area contributed by atoms with Crippen LogP contribution in [0.25, 0.3) is 5.57 Å². The Kier molecular flexibility index (Phi) is 11.5. The third kappa shape index (κ3) is 9.60. The van der Waals surface area contributed by atoms with E-state index in [-0.39, 0.29) is 17.8 Å². The fourth-order valence-electron chi connectivity index (χ4n) is 3.67. The minimum Gasteiger partial charge on any atom is -0.465 e. The molecule has 38 heavy (non-hydrogen) atoms. The van der Waals surface area contributed by atoms with Gasteiger partial charge in [-0.25, -0.2) is 9.18 Å². The van der Waals surface area contributed by atoms with Crippen molar-refractivity contribution < 1.29 is 27.1 Å². The van der Waals surface area contributed by atoms with Gasteiger partial charge in [-0.1, -0.05) is 58.8 Å². The van der Waals surface area contributed by atoms with Crippen molar-refractivity contribution in [1.29, 1.82) is 0 Å². The zero-order chi connectivity index (χ0) is 28.5. The van der Waals surface area contributed by atoms with Crippen LogP contribution in [0.4, 0.5) is 17.6 Å². The molecular weight excluding hydrogens is 560 g/mol. The van der Waals surface area contributed by atoms with Crippen LogP contribution in [0.1, 0.15) is 58.9 Å². The zero-order valence-corrected chi connectivity index (χ0v) is 23.6. The molecule has 0 amide bonds. The van der Waals surface area contributed by atoms with Gasteiger partial charge in [-0.3, -0.25) is 0 Å². The highest BCUT2D eigenvalue weighted by molar-refractivity contribution is 9.10. The number of aryl methyl sites for hydroxylation is 2. The first kappa shape index (κ1) is 31.0. The molecule has 0 bridgehead atoms. The Hall–Kier alpha value is -3.19. The standard InChI is InChI=1S/C23H22BrF3O2.C8H9F/c1-14(5-6-15(2)21-13-20(24)8-7-16(21)3)9-17-10-18(22(28)29-4)12-19(11-17)23(25,26)27;1-2-7-3-5-8(9)6-4-7/h5-8,10-13H,9H2,1-4H3;3-6H,2H2,1H3/b14-5-,15-6+;. The summed E-state index contributed by atoms with van der Waals surface area (Å²) in [5, 5.41) is 0. The second-order valence-electron chi connectivity index (χ2n) is 8.89. The fourth-order valence-corrected chi connectivity index (χ4v) is 4.03. The minimum absolute atomic E-state index is 0.110. The number of hydrogen-bond acceptors (Lipinski definition) is 2. The first-order chi connectivity index (χ1) is 17.8. The van der Waals surface area contributed by atoms with Gasteiger partial charge in [0.05, 0.1) is 18.2 Å². The molecule has 0 saturated carbocycles. The molecule has 0 atom stereocenters. The van der Waals surface area contributed by atoms with Crippen molar-refractivity contribution in [3.05, 3.63) is 122 Å². The van der Waals surface area contributed by atoms with E-state index in [2.05, 4.69) is 20.7 Å². The lowest BCUT2D eigenvalue weighted by molar-refractivity contribution is -0.137. The summed E-state index contributed by atoms with van der Waals surface area (Å²) in [7, 11) is 1.14. The van der Waals surface area contributed by atoms with E-state index in [4.69, 9.17) is 0 Å². The van der Waals surface area contributed by atoms with E-state index < -0.39 is 17.7 Å². The second-order valence-corrected chi connectivity index (χ2v) is 9.80. The molecule has 0 fully saturated rings. The van der Waals surface area contributed by atoms with Gasteiger partial charge < -0.3 is 4.74 Å². The van der Waals surface area contributed by atoms with Gasteiger partial charge in [0.1, 0.15) is 5.82 Å². The highest BCUT2D eigenvalue weighted by atomic mass is 79.9. The van der Waals surface area contributed by atoms with E-state index in [0.717, 1.165) is 52.4 Å². The molecule has 3 aromatic carbocycles. The summed E-state index contributed by atoms with van der Waals surface area (Å²) >= 11 is 3.46. The topological polar surface area (TPSA) is 26.3 Å². The number of hydrogen-bond donors (Lipinski definition) is 0. The third-order valence-corrected chi connectivity index (χ3v) is 6.28. The SMILES string of the molecule is CCc1ccc(F)cc1.COC(=O)c1cc(C/C(C)=C\C=C(/C)c2cc(Br)ccc2C)cc(C(F)(F)F)c1. The molecule has 0 heterocycles. The molecule has 0 aliphatic carbocycles. The Morgan fingerprint density at radius 3 is 2.18 bits per heavy atom. The van der Waals surface area contributed by atoms with Gasteiger partial charge >= 0.3 is 12.1 Å². The lowest BCUT2D eigenvalue weighted by atomic mass is 9.98. The van der Waals surface area contributed by atoms with Crippen LogP contribution >= 0.6 is 15.9 Å². The summed E-state index contributed by atoms with van der Waals surface area (Å²) in [4.78, 5) is 11.7. The molecule has 3 rings (SSSR count). The van der Waals surface area contributed by atoms with E-state index in [9.17, 15) is 22.4 Å². The summed E-state index contributed by atoms with van der Waals surface area (Å²) in [6.07, 6.45) is 0.549. The van der Waals surface area contributed by atoms with Crippen molar-refractivity contribution in [1.82, 2.24) is 0 Å². The highest BCUT2D eigenvalue weighted by Gasteiger charge is 2.31. The molecule has 0 radical (unpaired) electrons. The molecule has 0 N–H and O–H groups in total. The van der Waals surface area contributed by atoms with E-state index >= 15 is 0 Å². The number of benzene rings is 3. The monoisotopic (exact) mass is 590 g/mol. The quantitative estimate of drug-likeness (QED) is 0.162. The Balaban J connectivity index is 0.000000474. The molecule has 0 aliphatic heterocycles. The van der Waals surface area contributed by atoms with Crippen LogP contribution in [0, 0.1) is 12.7 Å². The Bertz CT molecular complexity index is 1310. The number of esters is 1. The van der Waals surface area contributed by atoms with Gasteiger partial charge in [-0.15, -0.1) is 0 Å². The van der Waals surface area contributed by atoms with Crippen LogP contribution in [-0.4, -0.2) is 13.1 Å². The summed E-state index contributed by atoms with van der Waals surface area (Å²) < 4.78 is 57.3. The van der Waals surface area contributed by atoms with Crippen LogP contribution < -0.4 is 0 Å². The summed E-state index contributed by atoms with van der Waals surface area (Å²) in [5.41, 5.74) is 4.75. The number of ether oxygens (including phenoxy) is 1. The number of methoxy groups -OCH3 is 1. The lowest BCUT2D eigenvalue weighted by Crippen LogP contribution is -2.10. The van der Waals surface area contributed by atoms with Crippen molar-refractivity contribution in [2.75, 3.05) is 7.11 Å². The Morgan fingerprint density at radius 2 is 1.61 bits per heavy atom. The normalized spacial score (nSPS) is 12.1. The van der Waals surface area contributed by atoms with Crippen LogP contribution in [0.3, 0.4) is 0 Å². The van der Waals surface area contributed by atoms with Gasteiger partial charge in [-0.05, 0) is 104 Å². The molecular formula is C31H31BrF4O2. The molecule has 7 heteroatoms. The van der Waals surface area contributed by atoms with Gasteiger partial charge in [0, 0.05) is 4.47 Å². The van der Waals surface area contributed by atoms with Crippen LogP contribution in [0.2, 0.25) is 0 Å². The van der Waals surface area contributed by atoms with Crippen LogP contribution in [0.15, 0.2) is 82.9 Å². The van der Waals surface area contributed by atoms with Crippen molar-refractivity contribution in [2.24, 2.45) is 0 Å². The van der Waals surface area contributed by atoms with Gasteiger partial charge in [0.15, 0.2) is 0 Å². The van der Waals surface area contributed by atoms with Crippen LogP contribution in [-0.2, 0) is 23.8 Å². The molecule has 0 spiro atoms. The van der Waals surface area contributed by atoms with Crippen molar-refractivity contribution >= 4 is 27.5 Å². The Morgan fingerprint density at radius 1 is 0.947 bits per heavy atom. The number of allylic oxidation sites excluding steroid dienone is 4. The average Bonchev–Trinajstić information content (AvgIpc) is 2.88. The van der Waals surface area contributed by atoms with Crippen LogP contribution in [0.5, 0.6) is 0 Å². The highest BCUT2D eigenvalue weighted by Crippen LogP contribution is 2.31. The number of halogens is 5. The Labute approximate surface area is 230 Å². The van der Waals surface area contributed by atoms with Crippen molar-refractivity contribution in [2.45, 2.75) is 46.7 Å². The number of carbonyl (C=O) groups excluding carboxylic acids is 1. The van der Waals surface area contributed by atoms with E-state index in [1.165, 1.54) is 23.8 Å². The third-order valence-electron chi connectivity index (χ3n) is 5.79. The fraction of sp³-hybridized carbons (Fsp3) is 0.258. The molecule has 3 aromatic rings. The van der Waals surface area contributed by atoms with Crippen molar-refractivity contribution in [3.63, 3.8) is 0 Å². The molecule has 0 aliphatic rings. The van der Waals surface area contributed by atoms with Gasteiger partial charge in [0.2, 0.25) is 0 Å². The molecule has 2 nitrogen and oxygen atoms in total. The average molecular weight is 591 g/mol. The largest absolute Gasteiger partial charge is 0.465 e. The maximum absolute atomic E-state index is 13.2. The smallest absolute Gasteiger partial charge is 0.416 e. The van der Waals surface area contributed by atoms with Crippen molar-refractivity contribution in [3.8, 4) is 0 Å². The molecule has 0 aromatic heterocycles. The van der Waals surface area contributed by atoms with E-state index in [0.29, 0.717) is 5.56 Å². The molecule has 0 saturated heterocycles. The molecule has 0 unspecified atom stereocenters. The van der Waals surface area contributed by atoms with Gasteiger partial charge in [0.25, 0.3) is 0 Å². The second kappa shape index (κ2) is 14.1. The minimum atomic E-state index is -4.54. The summed E-state index contributed by atoms with van der Waals surface area (Å²) in [5.74, 6) is -0.952. The zero-order valence-electron chi connectivity index (χ0n) is 22.0. The van der Waals surface area contributed by atoms with E-state index in [1.54, 1.807) is 12.1 Å². The first-order valence-corrected chi connectivity index (χ1v) is 12.8. The predicted molar refractivity (Wildman–Crippen MR) is 149 cm³/mol. The maximum atomic E-state index is 13.2. The number of carbonyl (C=O) groups is 1. The predicted octanol–water partition coefficient (Wildman–Crippen LogP) is 9.54. The maximum Gasteiger partial charge on any atom is 0.416 e. The lowest BCUT2D eigenvalue weighted by Gasteiger charge is -2.12. The van der Waals surface area contributed by atoms with Gasteiger partial charge in [-0.2, -0.15) is 13.2 Å². The summed E-state index contributed by atoms with van der Waals surface area (Å²) in [6.45, 7) is 7.90. The molecule has 202 valence electrons. The first-order valence-electron chi connectivity index (χ1n) is 12.0. The number of rotatable bonds is 6. The number of alkyl halides is 3. The summed E-state index contributed by atoms with van der Waals surface area (Å²) in [6, 6.07) is 15.9. The van der Waals surface area contributed by atoms with E-state index in [1.807, 2.05) is 58.0 Å².